The summed E-state index contributed by atoms with van der Waals surface area (Å²) in [6.45, 7) is 5.98. The zero-order valence-electron chi connectivity index (χ0n) is 15.3. The number of fused-ring (bicyclic) bond motifs is 1. The van der Waals surface area contributed by atoms with Crippen molar-refractivity contribution in [1.82, 2.24) is 19.9 Å². The minimum Gasteiger partial charge on any atom is -0.377 e. The van der Waals surface area contributed by atoms with Gasteiger partial charge in [-0.15, -0.1) is 0 Å². The summed E-state index contributed by atoms with van der Waals surface area (Å²) in [6, 6.07) is 5.85. The lowest BCUT2D eigenvalue weighted by Crippen LogP contribution is -2.44. The van der Waals surface area contributed by atoms with Gasteiger partial charge in [0.15, 0.2) is 11.6 Å². The number of thiol groups is 1. The van der Waals surface area contributed by atoms with E-state index in [1.54, 1.807) is 6.20 Å². The number of aromatic nitrogens is 4. The summed E-state index contributed by atoms with van der Waals surface area (Å²) in [5.74, 6) is 2.25. The number of rotatable bonds is 4. The molecule has 1 aliphatic rings. The number of morpholine rings is 1. The lowest BCUT2D eigenvalue weighted by atomic mass is 10.1. The van der Waals surface area contributed by atoms with E-state index < -0.39 is 10.6 Å². The number of hydrogen-bond acceptors (Lipinski definition) is 7. The van der Waals surface area contributed by atoms with Crippen LogP contribution in [0.25, 0.3) is 22.4 Å². The Balaban J connectivity index is 1.88. The standard InChI is InChI=1S/C18H22N6O2S/c1-3-27(25)23-15-10-16(24-8-9-26-11-12(24)2)22-18(21-15)14-5-7-20-17-13(14)4-6-19-17/h4-7,10,12,27H,3,8-9,11H2,1-2H3,(H,19,20)/t12-/m1/s1. The molecule has 9 heteroatoms. The number of hydrogen-bond donors (Lipinski definition) is 2. The fraction of sp³-hybridized carbons (Fsp3) is 0.389. The smallest absolute Gasteiger partial charge is 0.167 e. The van der Waals surface area contributed by atoms with Gasteiger partial charge in [0.05, 0.1) is 19.3 Å². The Morgan fingerprint density at radius 1 is 1.41 bits per heavy atom. The number of nitrogens with zero attached hydrogens (tertiary/aromatic N) is 5. The van der Waals surface area contributed by atoms with Gasteiger partial charge in [0.25, 0.3) is 0 Å². The minimum absolute atomic E-state index is 0.194. The minimum atomic E-state index is -1.68. The van der Waals surface area contributed by atoms with Crippen molar-refractivity contribution in [1.29, 1.82) is 0 Å². The van der Waals surface area contributed by atoms with Crippen LogP contribution in [0.3, 0.4) is 0 Å². The average Bonchev–Trinajstić information content (AvgIpc) is 3.17. The number of H-pyrrole nitrogens is 1. The molecule has 1 N–H and O–H groups in total. The molecular weight excluding hydrogens is 364 g/mol. The quantitative estimate of drug-likeness (QED) is 0.669. The van der Waals surface area contributed by atoms with E-state index in [0.717, 1.165) is 29.0 Å². The molecule has 3 aromatic heterocycles. The molecule has 1 saturated heterocycles. The highest BCUT2D eigenvalue weighted by Gasteiger charge is 2.22. The van der Waals surface area contributed by atoms with Crippen LogP contribution < -0.4 is 4.90 Å². The second-order valence-corrected chi connectivity index (χ2v) is 7.93. The highest BCUT2D eigenvalue weighted by molar-refractivity contribution is 7.75. The van der Waals surface area contributed by atoms with E-state index in [1.165, 1.54) is 0 Å². The van der Waals surface area contributed by atoms with Gasteiger partial charge >= 0.3 is 0 Å². The van der Waals surface area contributed by atoms with E-state index in [4.69, 9.17) is 9.72 Å². The maximum absolute atomic E-state index is 12.0. The van der Waals surface area contributed by atoms with E-state index >= 15 is 0 Å². The van der Waals surface area contributed by atoms with Gasteiger partial charge in [0.2, 0.25) is 0 Å². The van der Waals surface area contributed by atoms with Gasteiger partial charge < -0.3 is 14.6 Å². The first kappa shape index (κ1) is 17.9. The van der Waals surface area contributed by atoms with Crippen LogP contribution in [-0.2, 0) is 15.3 Å². The van der Waals surface area contributed by atoms with E-state index in [-0.39, 0.29) is 6.04 Å². The van der Waals surface area contributed by atoms with Gasteiger partial charge in [-0.2, -0.15) is 4.36 Å². The molecule has 0 spiro atoms. The average molecular weight is 386 g/mol. The fourth-order valence-corrected chi connectivity index (χ4v) is 3.62. The largest absolute Gasteiger partial charge is 0.377 e. The molecule has 3 aromatic rings. The Labute approximate surface area is 159 Å². The number of ether oxygens (including phenoxy) is 1. The number of anilines is 1. The zero-order chi connectivity index (χ0) is 18.8. The third kappa shape index (κ3) is 3.65. The second kappa shape index (κ2) is 7.61. The van der Waals surface area contributed by atoms with Crippen LogP contribution in [0.15, 0.2) is 35.0 Å². The maximum atomic E-state index is 12.0. The maximum Gasteiger partial charge on any atom is 0.167 e. The Bertz CT molecular complexity index is 1040. The predicted molar refractivity (Wildman–Crippen MR) is 107 cm³/mol. The molecule has 8 nitrogen and oxygen atoms in total. The third-order valence-corrected chi connectivity index (χ3v) is 5.52. The summed E-state index contributed by atoms with van der Waals surface area (Å²) in [5, 5.41) is 0.940. The molecule has 4 heterocycles. The molecule has 0 saturated carbocycles. The summed E-state index contributed by atoms with van der Waals surface area (Å²) in [7, 11) is -1.68. The van der Waals surface area contributed by atoms with Crippen LogP contribution in [0, 0.1) is 0 Å². The first-order chi connectivity index (χ1) is 13.2. The van der Waals surface area contributed by atoms with Crippen LogP contribution in [0.2, 0.25) is 0 Å². The molecule has 2 atom stereocenters. The van der Waals surface area contributed by atoms with Crippen LogP contribution in [0.5, 0.6) is 0 Å². The summed E-state index contributed by atoms with van der Waals surface area (Å²) in [4.78, 5) is 19.0. The molecule has 0 radical (unpaired) electrons. The molecule has 4 rings (SSSR count). The zero-order valence-corrected chi connectivity index (χ0v) is 16.2. The van der Waals surface area contributed by atoms with E-state index in [2.05, 4.69) is 31.1 Å². The van der Waals surface area contributed by atoms with Crippen LogP contribution in [-0.4, -0.2) is 55.7 Å². The summed E-state index contributed by atoms with van der Waals surface area (Å²) in [6.07, 6.45) is 3.57. The van der Waals surface area contributed by atoms with Crippen LogP contribution >= 0.6 is 0 Å². The van der Waals surface area contributed by atoms with Crippen LogP contribution in [0.1, 0.15) is 13.8 Å². The summed E-state index contributed by atoms with van der Waals surface area (Å²) < 4.78 is 21.9. The number of pyridine rings is 1. The van der Waals surface area contributed by atoms with Crippen molar-refractivity contribution in [3.63, 3.8) is 0 Å². The van der Waals surface area contributed by atoms with Crippen molar-refractivity contribution >= 4 is 33.3 Å². The Kier molecular flexibility index (Phi) is 5.04. The van der Waals surface area contributed by atoms with Gasteiger partial charge in [0, 0.05) is 52.3 Å². The predicted octanol–water partition coefficient (Wildman–Crippen LogP) is 2.56. The first-order valence-corrected chi connectivity index (χ1v) is 10.4. The fourth-order valence-electron chi connectivity index (χ4n) is 3.15. The Morgan fingerprint density at radius 3 is 3.11 bits per heavy atom. The SMILES string of the molecule is CC/[SH](=O)=N/c1cc(N2CCOC[C@H]2C)nc(-c2ccnc3[nH]ccc23)n1. The highest BCUT2D eigenvalue weighted by Crippen LogP contribution is 2.29. The molecule has 0 bridgehead atoms. The topological polar surface area (TPSA) is 96.4 Å². The molecule has 142 valence electrons. The van der Waals surface area contributed by atoms with Crippen molar-refractivity contribution in [2.45, 2.75) is 19.9 Å². The van der Waals surface area contributed by atoms with E-state index in [0.29, 0.717) is 30.6 Å². The number of aromatic amines is 1. The van der Waals surface area contributed by atoms with E-state index in [1.807, 2.05) is 31.3 Å². The Hall–Kier alpha value is -2.52. The summed E-state index contributed by atoms with van der Waals surface area (Å²) in [5.41, 5.74) is 1.64. The molecule has 0 aliphatic carbocycles. The molecule has 27 heavy (non-hydrogen) atoms. The number of nitrogens with one attached hydrogen (secondary N) is 1. The van der Waals surface area contributed by atoms with Gasteiger partial charge in [-0.3, -0.25) is 4.21 Å². The monoisotopic (exact) mass is 386 g/mol. The molecule has 0 aromatic carbocycles. The lowest BCUT2D eigenvalue weighted by Gasteiger charge is -2.34. The van der Waals surface area contributed by atoms with Gasteiger partial charge in [-0.1, -0.05) is 6.92 Å². The Morgan fingerprint density at radius 2 is 2.30 bits per heavy atom. The second-order valence-electron chi connectivity index (χ2n) is 6.39. The van der Waals surface area contributed by atoms with E-state index in [9.17, 15) is 4.21 Å². The van der Waals surface area contributed by atoms with Gasteiger partial charge in [-0.25, -0.2) is 15.0 Å². The van der Waals surface area contributed by atoms with Crippen molar-refractivity contribution in [3.8, 4) is 11.4 Å². The van der Waals surface area contributed by atoms with Crippen molar-refractivity contribution in [3.05, 3.63) is 30.6 Å². The van der Waals surface area contributed by atoms with Crippen LogP contribution in [0.4, 0.5) is 11.6 Å². The molecule has 1 unspecified atom stereocenters. The normalized spacial score (nSPS) is 18.9. The third-order valence-electron chi connectivity index (χ3n) is 4.55. The first-order valence-electron chi connectivity index (χ1n) is 8.98. The molecule has 1 fully saturated rings. The highest BCUT2D eigenvalue weighted by atomic mass is 32.2. The van der Waals surface area contributed by atoms with Crippen molar-refractivity contribution in [2.24, 2.45) is 4.36 Å². The summed E-state index contributed by atoms with van der Waals surface area (Å²) >= 11 is 0. The van der Waals surface area contributed by atoms with Crippen molar-refractivity contribution < 1.29 is 8.95 Å². The molecule has 0 amide bonds. The van der Waals surface area contributed by atoms with Crippen molar-refractivity contribution in [2.75, 3.05) is 30.4 Å². The van der Waals surface area contributed by atoms with Gasteiger partial charge in [0.1, 0.15) is 11.5 Å². The lowest BCUT2D eigenvalue weighted by molar-refractivity contribution is 0.0985. The molecular formula is C18H22N6O2S. The molecule has 1 aliphatic heterocycles. The van der Waals surface area contributed by atoms with Gasteiger partial charge in [-0.05, 0) is 19.1 Å².